The van der Waals surface area contributed by atoms with Gasteiger partial charge in [-0.3, -0.25) is 0 Å². The lowest BCUT2D eigenvalue weighted by Crippen LogP contribution is -2.41. The fourth-order valence-electron chi connectivity index (χ4n) is 1.54. The van der Waals surface area contributed by atoms with E-state index >= 15 is 0 Å². The molecule has 1 aromatic rings. The van der Waals surface area contributed by atoms with Crippen molar-refractivity contribution in [1.29, 1.82) is 0 Å². The molecule has 1 N–H and O–H groups in total. The third kappa shape index (κ3) is 1.15. The van der Waals surface area contributed by atoms with Crippen LogP contribution in [0, 0.1) is 0 Å². The van der Waals surface area contributed by atoms with Crippen molar-refractivity contribution in [3.63, 3.8) is 0 Å². The van der Waals surface area contributed by atoms with E-state index in [1.807, 2.05) is 0 Å². The van der Waals surface area contributed by atoms with E-state index in [1.54, 1.807) is 0 Å². The summed E-state index contributed by atoms with van der Waals surface area (Å²) in [6, 6.07) is 2.12. The smallest absolute Gasteiger partial charge is 0.0844 e. The van der Waals surface area contributed by atoms with Gasteiger partial charge < -0.3 is 9.99 Å². The minimum absolute atomic E-state index is 1.06. The van der Waals surface area contributed by atoms with Gasteiger partial charge in [-0.2, -0.15) is 0 Å². The topological polar surface area (TPSA) is 22.3 Å². The van der Waals surface area contributed by atoms with Crippen LogP contribution in [0.2, 0.25) is 0 Å². The van der Waals surface area contributed by atoms with Gasteiger partial charge in [0.25, 0.3) is 0 Å². The molecule has 0 unspecified atom stereocenters. The summed E-state index contributed by atoms with van der Waals surface area (Å²) in [5.74, 6) is 0. The zero-order chi connectivity index (χ0) is 8.72. The van der Waals surface area contributed by atoms with Crippen molar-refractivity contribution in [3.8, 4) is 0 Å². The van der Waals surface area contributed by atoms with Crippen LogP contribution in [0.5, 0.6) is 0 Å². The first-order valence-corrected chi connectivity index (χ1v) is 4.80. The molecule has 2 heterocycles. The summed E-state index contributed by atoms with van der Waals surface area (Å²) >= 11 is 3.44. The molecule has 2 rings (SSSR count). The van der Waals surface area contributed by atoms with Gasteiger partial charge in [-0.15, -0.1) is 0 Å². The number of fused-ring (bicyclic) bond motifs is 1. The van der Waals surface area contributed by atoms with E-state index in [9.17, 15) is 0 Å². The van der Waals surface area contributed by atoms with Crippen molar-refractivity contribution in [1.82, 2.24) is 9.99 Å². The van der Waals surface area contributed by atoms with Gasteiger partial charge in [0.2, 0.25) is 0 Å². The Bertz CT molecular complexity index is 294. The van der Waals surface area contributed by atoms with Gasteiger partial charge >= 0.3 is 0 Å². The molecule has 0 amide bonds. The van der Waals surface area contributed by atoms with Gasteiger partial charge in [-0.05, 0) is 22.0 Å². The summed E-state index contributed by atoms with van der Waals surface area (Å²) in [6.45, 7) is 1.08. The summed E-state index contributed by atoms with van der Waals surface area (Å²) < 4.78 is 1.06. The molecule has 12 heavy (non-hydrogen) atoms. The van der Waals surface area contributed by atoms with Gasteiger partial charge in [0.05, 0.1) is 10.3 Å². The summed E-state index contributed by atoms with van der Waals surface area (Å²) in [5.41, 5.74) is 2.60. The molecule has 3 nitrogen and oxygen atoms in total. The Balaban J connectivity index is 2.41. The number of likely N-dealkylation sites (N-methyl/N-ethyl adjacent to an activating group) is 1. The zero-order valence-corrected chi connectivity index (χ0v) is 8.85. The Morgan fingerprint density at radius 3 is 3.00 bits per heavy atom. The number of aromatic amines is 1. The highest BCUT2D eigenvalue weighted by atomic mass is 79.9. The summed E-state index contributed by atoms with van der Waals surface area (Å²) in [5, 5.41) is 4.38. The number of H-pyrrole nitrogens is 1. The molecular weight excluding hydrogens is 218 g/mol. The molecule has 0 aliphatic carbocycles. The van der Waals surface area contributed by atoms with E-state index in [4.69, 9.17) is 0 Å². The Morgan fingerprint density at radius 1 is 1.50 bits per heavy atom. The third-order valence-corrected chi connectivity index (χ3v) is 2.82. The number of anilines is 1. The molecule has 4 heteroatoms. The molecule has 0 radical (unpaired) electrons. The molecule has 0 aromatic carbocycles. The predicted octanol–water partition coefficient (Wildman–Crippen LogP) is 1.62. The highest BCUT2D eigenvalue weighted by Crippen LogP contribution is 2.28. The zero-order valence-electron chi connectivity index (χ0n) is 7.26. The maximum absolute atomic E-state index is 3.44. The number of hydrogen-bond acceptors (Lipinski definition) is 2. The number of rotatable bonds is 0. The third-order valence-electron chi connectivity index (χ3n) is 2.39. The second-order valence-electron chi connectivity index (χ2n) is 3.14. The van der Waals surface area contributed by atoms with Crippen LogP contribution in [0.15, 0.2) is 10.7 Å². The standard InChI is InChI=1S/C8H12BrN3/c1-11-4-3-6-7(12(11)2)5-8(9)10-6/h5,10H,3-4H2,1-2H3. The number of nitrogens with zero attached hydrogens (tertiary/aromatic N) is 2. The number of hydrogen-bond donors (Lipinski definition) is 1. The average molecular weight is 230 g/mol. The van der Waals surface area contributed by atoms with Crippen LogP contribution in [0.1, 0.15) is 5.69 Å². The van der Waals surface area contributed by atoms with Gasteiger partial charge in [0.15, 0.2) is 0 Å². The van der Waals surface area contributed by atoms with Gasteiger partial charge in [-0.1, -0.05) is 0 Å². The van der Waals surface area contributed by atoms with Crippen LogP contribution in [0.25, 0.3) is 0 Å². The van der Waals surface area contributed by atoms with Gasteiger partial charge in [0, 0.05) is 32.8 Å². The number of hydrazine groups is 1. The summed E-state index contributed by atoms with van der Waals surface area (Å²) in [4.78, 5) is 3.30. The van der Waals surface area contributed by atoms with Crippen molar-refractivity contribution >= 4 is 21.6 Å². The monoisotopic (exact) mass is 229 g/mol. The van der Waals surface area contributed by atoms with E-state index in [0.717, 1.165) is 17.6 Å². The molecule has 0 saturated carbocycles. The molecular formula is C8H12BrN3. The first-order valence-electron chi connectivity index (χ1n) is 4.00. The van der Waals surface area contributed by atoms with Crippen molar-refractivity contribution in [3.05, 3.63) is 16.4 Å². The normalized spacial score (nSPS) is 18.1. The van der Waals surface area contributed by atoms with E-state index in [1.165, 1.54) is 11.4 Å². The maximum Gasteiger partial charge on any atom is 0.0844 e. The van der Waals surface area contributed by atoms with Crippen molar-refractivity contribution in [2.45, 2.75) is 6.42 Å². The van der Waals surface area contributed by atoms with E-state index in [-0.39, 0.29) is 0 Å². The lowest BCUT2D eigenvalue weighted by atomic mass is 10.2. The fraction of sp³-hybridized carbons (Fsp3) is 0.500. The molecule has 0 bridgehead atoms. The Kier molecular flexibility index (Phi) is 1.88. The van der Waals surface area contributed by atoms with Gasteiger partial charge in [0.1, 0.15) is 0 Å². The highest BCUT2D eigenvalue weighted by molar-refractivity contribution is 9.10. The average Bonchev–Trinajstić information content (AvgIpc) is 2.39. The second-order valence-corrected chi connectivity index (χ2v) is 3.99. The van der Waals surface area contributed by atoms with E-state index in [2.05, 4.69) is 51.1 Å². The first kappa shape index (κ1) is 8.13. The molecule has 66 valence electrons. The van der Waals surface area contributed by atoms with Crippen LogP contribution in [-0.4, -0.2) is 30.6 Å². The van der Waals surface area contributed by atoms with Crippen molar-refractivity contribution in [2.24, 2.45) is 0 Å². The van der Waals surface area contributed by atoms with Crippen LogP contribution in [-0.2, 0) is 6.42 Å². The highest BCUT2D eigenvalue weighted by Gasteiger charge is 2.19. The second kappa shape index (κ2) is 2.78. The molecule has 1 aromatic heterocycles. The van der Waals surface area contributed by atoms with Crippen LogP contribution < -0.4 is 5.01 Å². The summed E-state index contributed by atoms with van der Waals surface area (Å²) in [7, 11) is 4.18. The Morgan fingerprint density at radius 2 is 2.25 bits per heavy atom. The molecule has 1 aliphatic rings. The quantitative estimate of drug-likeness (QED) is 0.731. The molecule has 0 fully saturated rings. The molecule has 0 saturated heterocycles. The molecule has 0 atom stereocenters. The SMILES string of the molecule is CN1CCc2[nH]c(Br)cc2N1C. The predicted molar refractivity (Wildman–Crippen MR) is 53.2 cm³/mol. The van der Waals surface area contributed by atoms with Crippen LogP contribution in [0.3, 0.4) is 0 Å². The fourth-order valence-corrected chi connectivity index (χ4v) is 1.99. The Labute approximate surface area is 80.5 Å². The lowest BCUT2D eigenvalue weighted by Gasteiger charge is -2.34. The minimum atomic E-state index is 1.06. The van der Waals surface area contributed by atoms with E-state index in [0.29, 0.717) is 0 Å². The number of halogens is 1. The van der Waals surface area contributed by atoms with Crippen molar-refractivity contribution < 1.29 is 0 Å². The van der Waals surface area contributed by atoms with Crippen LogP contribution >= 0.6 is 15.9 Å². The number of nitrogens with one attached hydrogen (secondary N) is 1. The minimum Gasteiger partial charge on any atom is -0.351 e. The largest absolute Gasteiger partial charge is 0.351 e. The maximum atomic E-state index is 3.44. The van der Waals surface area contributed by atoms with Crippen molar-refractivity contribution in [2.75, 3.05) is 25.6 Å². The van der Waals surface area contributed by atoms with Crippen LogP contribution in [0.4, 0.5) is 5.69 Å². The van der Waals surface area contributed by atoms with Gasteiger partial charge in [-0.25, -0.2) is 5.01 Å². The Hall–Kier alpha value is -0.480. The molecule has 0 spiro atoms. The van der Waals surface area contributed by atoms with E-state index < -0.39 is 0 Å². The first-order chi connectivity index (χ1) is 5.68. The lowest BCUT2D eigenvalue weighted by molar-refractivity contribution is 0.312. The molecule has 1 aliphatic heterocycles. The number of aromatic nitrogens is 1. The summed E-state index contributed by atoms with van der Waals surface area (Å²) in [6.07, 6.45) is 1.10.